The molecule has 118 valence electrons. The quantitative estimate of drug-likeness (QED) is 0.844. The molecule has 4 fully saturated rings. The van der Waals surface area contributed by atoms with E-state index in [1.807, 2.05) is 13.8 Å². The Morgan fingerprint density at radius 2 is 1.71 bits per heavy atom. The molecular weight excluding hydrogens is 280 g/mol. The summed E-state index contributed by atoms with van der Waals surface area (Å²) in [4.78, 5) is 0. The zero-order valence-electron chi connectivity index (χ0n) is 13.3. The van der Waals surface area contributed by atoms with Crippen LogP contribution in [-0.4, -0.2) is 8.96 Å². The van der Waals surface area contributed by atoms with Crippen LogP contribution in [0.1, 0.15) is 65.2 Å². The summed E-state index contributed by atoms with van der Waals surface area (Å²) < 4.78 is 11.2. The lowest BCUT2D eigenvalue weighted by atomic mass is 9.48. The molecule has 0 radical (unpaired) electrons. The molecule has 4 heteroatoms. The van der Waals surface area contributed by atoms with E-state index in [9.17, 15) is 9.47 Å². The highest BCUT2D eigenvalue weighted by Crippen LogP contribution is 2.62. The Hall–Kier alpha value is -0.400. The van der Waals surface area contributed by atoms with E-state index in [0.29, 0.717) is 11.8 Å². The van der Waals surface area contributed by atoms with Crippen LogP contribution < -0.4 is 5.14 Å². The Morgan fingerprint density at radius 1 is 1.24 bits per heavy atom. The SMILES string of the molecule is CC(C)(C[C@@H](C#N)CC12CC3CC(CC(C3)C1)C2)S(N)=O. The molecule has 4 aliphatic carbocycles. The number of nitriles is 1. The summed E-state index contributed by atoms with van der Waals surface area (Å²) in [5.74, 6) is 2.77. The minimum atomic E-state index is -1.36. The molecule has 4 saturated carbocycles. The lowest BCUT2D eigenvalue weighted by Crippen LogP contribution is -2.47. The first-order valence-corrected chi connectivity index (χ1v) is 9.59. The van der Waals surface area contributed by atoms with Crippen LogP contribution in [0.2, 0.25) is 0 Å². The van der Waals surface area contributed by atoms with Gasteiger partial charge >= 0.3 is 0 Å². The van der Waals surface area contributed by atoms with E-state index in [1.54, 1.807) is 0 Å². The lowest BCUT2D eigenvalue weighted by molar-refractivity contribution is -0.0628. The molecule has 0 amide bonds. The molecule has 3 nitrogen and oxygen atoms in total. The zero-order chi connectivity index (χ0) is 15.3. The van der Waals surface area contributed by atoms with Gasteiger partial charge in [0.05, 0.1) is 21.8 Å². The molecule has 21 heavy (non-hydrogen) atoms. The molecule has 0 aromatic carbocycles. The van der Waals surface area contributed by atoms with E-state index in [0.717, 1.165) is 24.2 Å². The van der Waals surface area contributed by atoms with Gasteiger partial charge in [-0.25, -0.2) is 4.21 Å². The number of hydrogen-bond acceptors (Lipinski definition) is 2. The molecular formula is C17H28N2OS. The fraction of sp³-hybridized carbons (Fsp3) is 0.941. The molecule has 4 aliphatic rings. The lowest BCUT2D eigenvalue weighted by Gasteiger charge is -2.57. The monoisotopic (exact) mass is 308 g/mol. The minimum absolute atomic E-state index is 0.00347. The molecule has 1 unspecified atom stereocenters. The Morgan fingerprint density at radius 3 is 2.10 bits per heavy atom. The van der Waals surface area contributed by atoms with Gasteiger partial charge < -0.3 is 0 Å². The topological polar surface area (TPSA) is 66.9 Å². The van der Waals surface area contributed by atoms with Crippen LogP contribution in [-0.2, 0) is 11.0 Å². The third-order valence-electron chi connectivity index (χ3n) is 6.31. The van der Waals surface area contributed by atoms with Crippen LogP contribution in [0.4, 0.5) is 0 Å². The van der Waals surface area contributed by atoms with Crippen LogP contribution in [0.3, 0.4) is 0 Å². The highest BCUT2D eigenvalue weighted by atomic mass is 32.2. The molecule has 2 N–H and O–H groups in total. The second kappa shape index (κ2) is 5.35. The smallest absolute Gasteiger partial charge is 0.0946 e. The van der Waals surface area contributed by atoms with Gasteiger partial charge in [0.1, 0.15) is 0 Å². The summed E-state index contributed by atoms with van der Waals surface area (Å²) in [6.07, 6.45) is 10.00. The van der Waals surface area contributed by atoms with Crippen molar-refractivity contribution in [3.63, 3.8) is 0 Å². The maximum atomic E-state index is 11.7. The van der Waals surface area contributed by atoms with Crippen molar-refractivity contribution < 1.29 is 4.21 Å². The van der Waals surface area contributed by atoms with Gasteiger partial charge in [-0.15, -0.1) is 0 Å². The van der Waals surface area contributed by atoms with E-state index >= 15 is 0 Å². The highest BCUT2D eigenvalue weighted by molar-refractivity contribution is 7.84. The second-order valence-corrected chi connectivity index (χ2v) is 10.4. The summed E-state index contributed by atoms with van der Waals surface area (Å²) in [6, 6.07) is 2.50. The largest absolute Gasteiger partial charge is 0.251 e. The predicted octanol–water partition coefficient (Wildman–Crippen LogP) is 3.52. The summed E-state index contributed by atoms with van der Waals surface area (Å²) in [5.41, 5.74) is 0.418. The van der Waals surface area contributed by atoms with Crippen molar-refractivity contribution in [1.29, 1.82) is 5.26 Å². The number of rotatable bonds is 5. The Kier molecular flexibility index (Phi) is 3.95. The van der Waals surface area contributed by atoms with Crippen molar-refractivity contribution in [3.05, 3.63) is 0 Å². The molecule has 2 atom stereocenters. The van der Waals surface area contributed by atoms with Gasteiger partial charge in [0.15, 0.2) is 0 Å². The normalized spacial score (nSPS) is 40.8. The molecule has 4 bridgehead atoms. The van der Waals surface area contributed by atoms with Gasteiger partial charge in [-0.2, -0.15) is 5.26 Å². The van der Waals surface area contributed by atoms with Crippen molar-refractivity contribution in [2.24, 2.45) is 34.2 Å². The van der Waals surface area contributed by atoms with Crippen molar-refractivity contribution >= 4 is 11.0 Å². The van der Waals surface area contributed by atoms with Gasteiger partial charge in [0.2, 0.25) is 0 Å². The first-order chi connectivity index (χ1) is 9.82. The van der Waals surface area contributed by atoms with E-state index in [1.165, 1.54) is 38.5 Å². The van der Waals surface area contributed by atoms with Crippen molar-refractivity contribution in [2.45, 2.75) is 70.0 Å². The molecule has 0 aliphatic heterocycles. The number of nitrogens with two attached hydrogens (primary N) is 1. The zero-order valence-corrected chi connectivity index (χ0v) is 14.1. The van der Waals surface area contributed by atoms with Crippen LogP contribution >= 0.6 is 0 Å². The Balaban J connectivity index is 1.70. The first kappa shape index (κ1) is 15.5. The van der Waals surface area contributed by atoms with Gasteiger partial charge in [-0.3, -0.25) is 5.14 Å². The average molecular weight is 308 g/mol. The summed E-state index contributed by atoms with van der Waals surface area (Å²) >= 11 is 0. The Bertz CT molecular complexity index is 444. The van der Waals surface area contributed by atoms with Crippen molar-refractivity contribution in [3.8, 4) is 6.07 Å². The van der Waals surface area contributed by atoms with Crippen LogP contribution in [0.25, 0.3) is 0 Å². The van der Waals surface area contributed by atoms with Crippen molar-refractivity contribution in [1.82, 2.24) is 0 Å². The second-order valence-electron chi connectivity index (χ2n) is 8.71. The fourth-order valence-corrected chi connectivity index (χ4v) is 6.27. The predicted molar refractivity (Wildman–Crippen MR) is 85.4 cm³/mol. The van der Waals surface area contributed by atoms with E-state index in [4.69, 9.17) is 5.14 Å². The van der Waals surface area contributed by atoms with E-state index in [-0.39, 0.29) is 5.92 Å². The van der Waals surface area contributed by atoms with Crippen LogP contribution in [0, 0.1) is 40.4 Å². The molecule has 0 spiro atoms. The number of nitrogens with zero attached hydrogens (tertiary/aromatic N) is 1. The maximum Gasteiger partial charge on any atom is 0.0946 e. The third kappa shape index (κ3) is 3.05. The first-order valence-electron chi connectivity index (χ1n) is 8.38. The average Bonchev–Trinajstić information content (AvgIpc) is 2.35. The van der Waals surface area contributed by atoms with Gasteiger partial charge in [-0.1, -0.05) is 0 Å². The minimum Gasteiger partial charge on any atom is -0.251 e. The third-order valence-corrected chi connectivity index (χ3v) is 7.57. The molecule has 0 saturated heterocycles. The maximum absolute atomic E-state index is 11.7. The standard InChI is InChI=1S/C17H28N2OS/c1-16(2,21(19)20)6-15(11-18)10-17-7-12-3-13(8-17)5-14(4-12)9-17/h12-15H,3-10,19H2,1-2H3/t12?,13?,14?,15-,17?,21?/m1/s1. The van der Waals surface area contributed by atoms with E-state index < -0.39 is 15.7 Å². The Labute approximate surface area is 131 Å². The van der Waals surface area contributed by atoms with E-state index in [2.05, 4.69) is 6.07 Å². The van der Waals surface area contributed by atoms with Gasteiger partial charge in [0.25, 0.3) is 0 Å². The van der Waals surface area contributed by atoms with Crippen LogP contribution in [0.5, 0.6) is 0 Å². The number of hydrogen-bond donors (Lipinski definition) is 1. The molecule has 0 aromatic rings. The van der Waals surface area contributed by atoms with Crippen molar-refractivity contribution in [2.75, 3.05) is 0 Å². The molecule has 0 aromatic heterocycles. The molecule has 0 heterocycles. The molecule has 4 rings (SSSR count). The summed E-state index contributed by atoms with van der Waals surface area (Å²) in [6.45, 7) is 3.85. The summed E-state index contributed by atoms with van der Waals surface area (Å²) in [5, 5.41) is 15.2. The van der Waals surface area contributed by atoms with Crippen LogP contribution in [0.15, 0.2) is 0 Å². The fourth-order valence-electron chi connectivity index (χ4n) is 5.90. The summed E-state index contributed by atoms with van der Waals surface area (Å²) in [7, 11) is -1.36. The highest BCUT2D eigenvalue weighted by Gasteiger charge is 2.51. The van der Waals surface area contributed by atoms with Gasteiger partial charge in [0, 0.05) is 5.92 Å². The van der Waals surface area contributed by atoms with Gasteiger partial charge in [-0.05, 0) is 88.4 Å².